The molecule has 0 aromatic heterocycles. The second-order valence-electron chi connectivity index (χ2n) is 4.11. The molecular weight excluding hydrogens is 291 g/mol. The molecule has 118 valence electrons. The molecule has 1 aromatic rings. The third-order valence-corrected chi connectivity index (χ3v) is 2.55. The second-order valence-corrected chi connectivity index (χ2v) is 4.11. The zero-order chi connectivity index (χ0) is 15.9. The fourth-order valence-corrected chi connectivity index (χ4v) is 1.44. The van der Waals surface area contributed by atoms with Crippen molar-refractivity contribution in [2.75, 3.05) is 13.3 Å². The SMILES string of the molecule is CCC(COc1cccc(C(F)(F)F)c1)OC(=O)NCO. The summed E-state index contributed by atoms with van der Waals surface area (Å²) in [6, 6.07) is 4.43. The molecule has 1 unspecified atom stereocenters. The molecule has 1 aromatic carbocycles. The van der Waals surface area contributed by atoms with Crippen LogP contribution in [0.2, 0.25) is 0 Å². The van der Waals surface area contributed by atoms with Crippen LogP contribution in [0.4, 0.5) is 18.0 Å². The number of aliphatic hydroxyl groups excluding tert-OH is 1. The maximum atomic E-state index is 12.5. The molecule has 0 spiro atoms. The van der Waals surface area contributed by atoms with Crippen molar-refractivity contribution in [2.24, 2.45) is 0 Å². The van der Waals surface area contributed by atoms with E-state index in [1.54, 1.807) is 6.92 Å². The van der Waals surface area contributed by atoms with Gasteiger partial charge in [-0.15, -0.1) is 0 Å². The summed E-state index contributed by atoms with van der Waals surface area (Å²) >= 11 is 0. The zero-order valence-electron chi connectivity index (χ0n) is 11.3. The van der Waals surface area contributed by atoms with Gasteiger partial charge in [0.05, 0.1) is 5.56 Å². The number of carbonyl (C=O) groups is 1. The highest BCUT2D eigenvalue weighted by atomic mass is 19.4. The standard InChI is InChI=1S/C13H16F3NO4/c1-2-10(21-12(19)17-8-18)7-20-11-5-3-4-9(6-11)13(14,15)16/h3-6,10,18H,2,7-8H2,1H3,(H,17,19). The van der Waals surface area contributed by atoms with Crippen molar-refractivity contribution in [3.8, 4) is 5.75 Å². The Hall–Kier alpha value is -1.96. The van der Waals surface area contributed by atoms with Gasteiger partial charge in [-0.3, -0.25) is 5.32 Å². The van der Waals surface area contributed by atoms with E-state index in [0.717, 1.165) is 12.1 Å². The lowest BCUT2D eigenvalue weighted by Crippen LogP contribution is -2.32. The lowest BCUT2D eigenvalue weighted by Gasteiger charge is -2.17. The average Bonchev–Trinajstić information content (AvgIpc) is 2.43. The van der Waals surface area contributed by atoms with Crippen LogP contribution in [0.5, 0.6) is 5.75 Å². The molecule has 0 bridgehead atoms. The number of carbonyl (C=O) groups excluding carboxylic acids is 1. The molecular formula is C13H16F3NO4. The molecule has 1 rings (SSSR count). The van der Waals surface area contributed by atoms with Gasteiger partial charge in [0.25, 0.3) is 0 Å². The van der Waals surface area contributed by atoms with Gasteiger partial charge in [0.1, 0.15) is 25.2 Å². The number of hydrogen-bond donors (Lipinski definition) is 2. The highest BCUT2D eigenvalue weighted by Gasteiger charge is 2.30. The van der Waals surface area contributed by atoms with Gasteiger partial charge in [-0.1, -0.05) is 13.0 Å². The topological polar surface area (TPSA) is 67.8 Å². The average molecular weight is 307 g/mol. The largest absolute Gasteiger partial charge is 0.490 e. The number of aliphatic hydroxyl groups is 1. The fraction of sp³-hybridized carbons (Fsp3) is 0.462. The monoisotopic (exact) mass is 307 g/mol. The van der Waals surface area contributed by atoms with Crippen molar-refractivity contribution in [3.05, 3.63) is 29.8 Å². The summed E-state index contributed by atoms with van der Waals surface area (Å²) < 4.78 is 47.7. The number of ether oxygens (including phenoxy) is 2. The summed E-state index contributed by atoms with van der Waals surface area (Å²) in [5.74, 6) is 0.0365. The van der Waals surface area contributed by atoms with Crippen molar-refractivity contribution in [2.45, 2.75) is 25.6 Å². The van der Waals surface area contributed by atoms with Crippen LogP contribution in [0.1, 0.15) is 18.9 Å². The van der Waals surface area contributed by atoms with E-state index in [2.05, 4.69) is 0 Å². The first-order valence-corrected chi connectivity index (χ1v) is 6.22. The first-order valence-electron chi connectivity index (χ1n) is 6.22. The van der Waals surface area contributed by atoms with Gasteiger partial charge in [-0.05, 0) is 24.6 Å². The number of benzene rings is 1. The van der Waals surface area contributed by atoms with Crippen LogP contribution in [0.15, 0.2) is 24.3 Å². The van der Waals surface area contributed by atoms with Gasteiger partial charge < -0.3 is 14.6 Å². The van der Waals surface area contributed by atoms with Gasteiger partial charge in [0, 0.05) is 0 Å². The quantitative estimate of drug-likeness (QED) is 0.793. The Morgan fingerprint density at radius 2 is 2.14 bits per heavy atom. The molecule has 0 saturated carbocycles. The number of halogens is 3. The number of amides is 1. The molecule has 2 N–H and O–H groups in total. The summed E-state index contributed by atoms with van der Waals surface area (Å²) in [7, 11) is 0. The van der Waals surface area contributed by atoms with Gasteiger partial charge in [0.15, 0.2) is 0 Å². The Balaban J connectivity index is 2.59. The molecule has 1 amide bonds. The Kier molecular flexibility index (Phi) is 6.29. The van der Waals surface area contributed by atoms with E-state index in [1.807, 2.05) is 5.32 Å². The number of hydrogen-bond acceptors (Lipinski definition) is 4. The van der Waals surface area contributed by atoms with Gasteiger partial charge in [-0.25, -0.2) is 4.79 Å². The summed E-state index contributed by atoms with van der Waals surface area (Å²) in [5.41, 5.74) is -0.813. The van der Waals surface area contributed by atoms with E-state index in [9.17, 15) is 18.0 Å². The normalized spacial score (nSPS) is 12.6. The molecule has 0 aliphatic rings. The Labute approximate surface area is 119 Å². The number of alkyl carbamates (subject to hydrolysis) is 1. The molecule has 0 radical (unpaired) electrons. The molecule has 0 aliphatic heterocycles. The maximum Gasteiger partial charge on any atom is 0.416 e. The van der Waals surface area contributed by atoms with Crippen molar-refractivity contribution < 1.29 is 32.5 Å². The van der Waals surface area contributed by atoms with Crippen molar-refractivity contribution in [1.82, 2.24) is 5.32 Å². The molecule has 21 heavy (non-hydrogen) atoms. The van der Waals surface area contributed by atoms with Crippen molar-refractivity contribution >= 4 is 6.09 Å². The van der Waals surface area contributed by atoms with Crippen LogP contribution >= 0.6 is 0 Å². The van der Waals surface area contributed by atoms with Crippen LogP contribution in [0.3, 0.4) is 0 Å². The van der Waals surface area contributed by atoms with Crippen LogP contribution in [0.25, 0.3) is 0 Å². The van der Waals surface area contributed by atoms with Crippen LogP contribution in [-0.2, 0) is 10.9 Å². The van der Waals surface area contributed by atoms with E-state index < -0.39 is 30.7 Å². The van der Waals surface area contributed by atoms with Gasteiger partial charge in [-0.2, -0.15) is 13.2 Å². The predicted molar refractivity (Wildman–Crippen MR) is 67.7 cm³/mol. The molecule has 0 aliphatic carbocycles. The number of nitrogens with one attached hydrogen (secondary N) is 1. The smallest absolute Gasteiger partial charge is 0.416 e. The maximum absolute atomic E-state index is 12.5. The molecule has 8 heteroatoms. The van der Waals surface area contributed by atoms with Crippen molar-refractivity contribution in [1.29, 1.82) is 0 Å². The van der Waals surface area contributed by atoms with Gasteiger partial charge in [0.2, 0.25) is 0 Å². The third kappa shape index (κ3) is 5.90. The summed E-state index contributed by atoms with van der Waals surface area (Å²) in [5, 5.41) is 10.5. The van der Waals surface area contributed by atoms with E-state index in [4.69, 9.17) is 14.6 Å². The lowest BCUT2D eigenvalue weighted by atomic mass is 10.2. The highest BCUT2D eigenvalue weighted by molar-refractivity contribution is 5.67. The molecule has 0 saturated heterocycles. The van der Waals surface area contributed by atoms with Crippen LogP contribution < -0.4 is 10.1 Å². The molecule has 0 heterocycles. The minimum absolute atomic E-state index is 0.0365. The molecule has 0 fully saturated rings. The number of rotatable bonds is 6. The first-order chi connectivity index (χ1) is 9.86. The lowest BCUT2D eigenvalue weighted by molar-refractivity contribution is -0.137. The predicted octanol–water partition coefficient (Wildman–Crippen LogP) is 2.54. The van der Waals surface area contributed by atoms with E-state index in [-0.39, 0.29) is 12.4 Å². The summed E-state index contributed by atoms with van der Waals surface area (Å²) in [4.78, 5) is 11.1. The van der Waals surface area contributed by atoms with Crippen LogP contribution in [-0.4, -0.2) is 30.6 Å². The minimum Gasteiger partial charge on any atom is -0.490 e. The third-order valence-electron chi connectivity index (χ3n) is 2.55. The van der Waals surface area contributed by atoms with E-state index >= 15 is 0 Å². The number of alkyl halides is 3. The van der Waals surface area contributed by atoms with Crippen molar-refractivity contribution in [3.63, 3.8) is 0 Å². The second kappa shape index (κ2) is 7.72. The summed E-state index contributed by atoms with van der Waals surface area (Å²) in [6.07, 6.45) is -5.48. The Morgan fingerprint density at radius 1 is 1.43 bits per heavy atom. The fourth-order valence-electron chi connectivity index (χ4n) is 1.44. The van der Waals surface area contributed by atoms with Crippen LogP contribution in [0, 0.1) is 0 Å². The van der Waals surface area contributed by atoms with Gasteiger partial charge >= 0.3 is 12.3 Å². The highest BCUT2D eigenvalue weighted by Crippen LogP contribution is 2.31. The molecule has 1 atom stereocenters. The minimum atomic E-state index is -4.44. The van der Waals surface area contributed by atoms with E-state index in [0.29, 0.717) is 6.42 Å². The first kappa shape index (κ1) is 17.1. The Morgan fingerprint density at radius 3 is 2.71 bits per heavy atom. The Bertz CT molecular complexity index is 465. The summed E-state index contributed by atoms with van der Waals surface area (Å²) in [6.45, 7) is 1.08. The molecule has 5 nitrogen and oxygen atoms in total. The zero-order valence-corrected chi connectivity index (χ0v) is 11.3. The van der Waals surface area contributed by atoms with E-state index in [1.165, 1.54) is 12.1 Å².